The molecule has 0 aromatic heterocycles. The number of amides is 1. The van der Waals surface area contributed by atoms with Crippen LogP contribution in [-0.4, -0.2) is 41.3 Å². The van der Waals surface area contributed by atoms with E-state index in [1.807, 2.05) is 45.0 Å². The van der Waals surface area contributed by atoms with Crippen LogP contribution in [0, 0.1) is 0 Å². The fourth-order valence-electron chi connectivity index (χ4n) is 2.32. The molecule has 0 aliphatic heterocycles. The lowest BCUT2D eigenvalue weighted by molar-refractivity contribution is -0.143. The van der Waals surface area contributed by atoms with Crippen LogP contribution in [0.25, 0.3) is 0 Å². The van der Waals surface area contributed by atoms with Crippen molar-refractivity contribution in [3.63, 3.8) is 0 Å². The summed E-state index contributed by atoms with van der Waals surface area (Å²) in [6, 6.07) is 6.54. The van der Waals surface area contributed by atoms with Gasteiger partial charge < -0.3 is 19.9 Å². The number of carbonyl (C=O) groups is 2. The van der Waals surface area contributed by atoms with Crippen molar-refractivity contribution in [3.05, 3.63) is 29.8 Å². The zero-order chi connectivity index (χ0) is 20.8. The molecular formula is C21H33NO5. The molecule has 0 bridgehead atoms. The van der Waals surface area contributed by atoms with E-state index in [-0.39, 0.29) is 24.0 Å². The lowest BCUT2D eigenvalue weighted by Gasteiger charge is -2.23. The molecule has 1 rings (SSSR count). The molecule has 0 spiro atoms. The van der Waals surface area contributed by atoms with E-state index in [1.165, 1.54) is 0 Å². The Kier molecular flexibility index (Phi) is 7.84. The number of carbonyl (C=O) groups excluding carboxylic acids is 1. The van der Waals surface area contributed by atoms with Gasteiger partial charge in [0.2, 0.25) is 0 Å². The van der Waals surface area contributed by atoms with Crippen molar-refractivity contribution in [2.24, 2.45) is 0 Å². The molecule has 152 valence electrons. The highest BCUT2D eigenvalue weighted by atomic mass is 16.5. The monoisotopic (exact) mass is 379 g/mol. The summed E-state index contributed by atoms with van der Waals surface area (Å²) in [4.78, 5) is 23.7. The van der Waals surface area contributed by atoms with Gasteiger partial charge in [-0.1, -0.05) is 32.9 Å². The van der Waals surface area contributed by atoms with Gasteiger partial charge in [-0.2, -0.15) is 0 Å². The lowest BCUT2D eigenvalue weighted by atomic mass is 9.87. The van der Waals surface area contributed by atoms with Crippen molar-refractivity contribution in [2.45, 2.75) is 78.0 Å². The minimum Gasteiger partial charge on any atom is -0.481 e. The second kappa shape index (κ2) is 9.22. The minimum absolute atomic E-state index is 0.0331. The van der Waals surface area contributed by atoms with Crippen LogP contribution in [0.15, 0.2) is 24.3 Å². The van der Waals surface area contributed by atoms with Crippen molar-refractivity contribution in [1.82, 2.24) is 5.32 Å². The summed E-state index contributed by atoms with van der Waals surface area (Å²) in [6.45, 7) is 13.9. The van der Waals surface area contributed by atoms with Crippen LogP contribution >= 0.6 is 0 Å². The SMILES string of the molecule is CC(Oc1ccc(C(C)(C)C)cc1)C(=O)NC(CCOC(C)(C)C)C(=O)O. The standard InChI is InChI=1S/C21H33NO5/c1-14(27-16-10-8-15(9-11-16)20(2,3)4)18(23)22-17(19(24)25)12-13-26-21(5,6)7/h8-11,14,17H,12-13H2,1-7H3,(H,22,23)(H,24,25). The molecule has 27 heavy (non-hydrogen) atoms. The predicted molar refractivity (Wildman–Crippen MR) is 105 cm³/mol. The predicted octanol–water partition coefficient (Wildman–Crippen LogP) is 3.53. The summed E-state index contributed by atoms with van der Waals surface area (Å²) >= 11 is 0. The summed E-state index contributed by atoms with van der Waals surface area (Å²) in [5.74, 6) is -1.01. The normalized spacial score (nSPS) is 14.3. The van der Waals surface area contributed by atoms with Crippen LogP contribution < -0.4 is 10.1 Å². The number of hydrogen-bond acceptors (Lipinski definition) is 4. The first kappa shape index (κ1) is 23.0. The largest absolute Gasteiger partial charge is 0.481 e. The first-order valence-corrected chi connectivity index (χ1v) is 9.24. The maximum Gasteiger partial charge on any atom is 0.326 e. The molecule has 0 saturated carbocycles. The smallest absolute Gasteiger partial charge is 0.326 e. The number of benzene rings is 1. The average Bonchev–Trinajstić information content (AvgIpc) is 2.52. The molecule has 2 atom stereocenters. The van der Waals surface area contributed by atoms with Crippen molar-refractivity contribution >= 4 is 11.9 Å². The van der Waals surface area contributed by atoms with E-state index in [1.54, 1.807) is 6.92 Å². The highest BCUT2D eigenvalue weighted by molar-refractivity contribution is 5.86. The number of aliphatic carboxylic acids is 1. The zero-order valence-electron chi connectivity index (χ0n) is 17.5. The van der Waals surface area contributed by atoms with Gasteiger partial charge in [0.25, 0.3) is 5.91 Å². The van der Waals surface area contributed by atoms with E-state index < -0.39 is 24.0 Å². The van der Waals surface area contributed by atoms with E-state index in [0.29, 0.717) is 5.75 Å². The van der Waals surface area contributed by atoms with E-state index >= 15 is 0 Å². The maximum atomic E-state index is 12.3. The summed E-state index contributed by atoms with van der Waals surface area (Å²) in [5, 5.41) is 11.8. The van der Waals surface area contributed by atoms with Gasteiger partial charge in [0.15, 0.2) is 6.10 Å². The van der Waals surface area contributed by atoms with Crippen molar-refractivity contribution in [2.75, 3.05) is 6.61 Å². The zero-order valence-corrected chi connectivity index (χ0v) is 17.5. The summed E-state index contributed by atoms with van der Waals surface area (Å²) < 4.78 is 11.2. The second-order valence-corrected chi connectivity index (χ2v) is 8.68. The van der Waals surface area contributed by atoms with E-state index in [2.05, 4.69) is 26.1 Å². The Morgan fingerprint density at radius 1 is 1.07 bits per heavy atom. The number of nitrogens with one attached hydrogen (secondary N) is 1. The topological polar surface area (TPSA) is 84.9 Å². The van der Waals surface area contributed by atoms with Gasteiger partial charge in [0.1, 0.15) is 11.8 Å². The number of ether oxygens (including phenoxy) is 2. The Morgan fingerprint density at radius 3 is 2.07 bits per heavy atom. The molecule has 0 heterocycles. The van der Waals surface area contributed by atoms with E-state index in [0.717, 1.165) is 5.56 Å². The third kappa shape index (κ3) is 8.43. The lowest BCUT2D eigenvalue weighted by Crippen LogP contribution is -2.47. The van der Waals surface area contributed by atoms with Crippen molar-refractivity contribution in [1.29, 1.82) is 0 Å². The van der Waals surface area contributed by atoms with Gasteiger partial charge in [-0.3, -0.25) is 4.79 Å². The minimum atomic E-state index is -1.09. The fraction of sp³-hybridized carbons (Fsp3) is 0.619. The molecule has 0 saturated heterocycles. The number of carboxylic acid groups (broad SMARTS) is 1. The molecule has 0 aliphatic rings. The number of carboxylic acids is 1. The van der Waals surface area contributed by atoms with Gasteiger partial charge in [-0.15, -0.1) is 0 Å². The highest BCUT2D eigenvalue weighted by Crippen LogP contribution is 2.24. The summed E-state index contributed by atoms with van der Waals surface area (Å²) in [6.07, 6.45) is -0.624. The Hall–Kier alpha value is -2.08. The highest BCUT2D eigenvalue weighted by Gasteiger charge is 2.24. The van der Waals surface area contributed by atoms with Gasteiger partial charge >= 0.3 is 5.97 Å². The number of hydrogen-bond donors (Lipinski definition) is 2. The van der Waals surface area contributed by atoms with Crippen LogP contribution in [0.4, 0.5) is 0 Å². The van der Waals surface area contributed by atoms with Crippen molar-refractivity contribution < 1.29 is 24.2 Å². The van der Waals surface area contributed by atoms with Gasteiger partial charge in [0.05, 0.1) is 5.60 Å². The van der Waals surface area contributed by atoms with Crippen LogP contribution in [-0.2, 0) is 19.7 Å². The molecule has 2 unspecified atom stereocenters. The Bertz CT molecular complexity index is 625. The maximum absolute atomic E-state index is 12.3. The van der Waals surface area contributed by atoms with Crippen LogP contribution in [0.1, 0.15) is 60.5 Å². The third-order valence-electron chi connectivity index (χ3n) is 3.96. The molecule has 6 nitrogen and oxygen atoms in total. The third-order valence-corrected chi connectivity index (χ3v) is 3.96. The quantitative estimate of drug-likeness (QED) is 0.722. The first-order valence-electron chi connectivity index (χ1n) is 9.24. The molecule has 0 radical (unpaired) electrons. The average molecular weight is 379 g/mol. The molecule has 6 heteroatoms. The van der Waals surface area contributed by atoms with E-state index in [4.69, 9.17) is 9.47 Å². The molecule has 0 fully saturated rings. The molecular weight excluding hydrogens is 346 g/mol. The summed E-state index contributed by atoms with van der Waals surface area (Å²) in [7, 11) is 0. The molecule has 1 aromatic carbocycles. The Balaban J connectivity index is 2.61. The number of rotatable bonds is 8. The second-order valence-electron chi connectivity index (χ2n) is 8.68. The van der Waals surface area contributed by atoms with Crippen LogP contribution in [0.5, 0.6) is 5.75 Å². The van der Waals surface area contributed by atoms with Crippen LogP contribution in [0.3, 0.4) is 0 Å². The molecule has 2 N–H and O–H groups in total. The molecule has 1 aromatic rings. The Morgan fingerprint density at radius 2 is 1.63 bits per heavy atom. The van der Waals surface area contributed by atoms with Crippen LogP contribution in [0.2, 0.25) is 0 Å². The molecule has 0 aliphatic carbocycles. The van der Waals surface area contributed by atoms with E-state index in [9.17, 15) is 14.7 Å². The van der Waals surface area contributed by atoms with Gasteiger partial charge in [-0.25, -0.2) is 4.79 Å². The fourth-order valence-corrected chi connectivity index (χ4v) is 2.32. The Labute approximate surface area is 162 Å². The summed E-state index contributed by atoms with van der Waals surface area (Å²) in [5.41, 5.74) is 0.838. The molecule has 1 amide bonds. The van der Waals surface area contributed by atoms with Crippen molar-refractivity contribution in [3.8, 4) is 5.75 Å². The van der Waals surface area contributed by atoms with Gasteiger partial charge in [0, 0.05) is 13.0 Å². The first-order chi connectivity index (χ1) is 12.3. The van der Waals surface area contributed by atoms with Gasteiger partial charge in [-0.05, 0) is 50.8 Å².